The first-order valence-corrected chi connectivity index (χ1v) is 9.96. The Hall–Kier alpha value is -1.31. The Morgan fingerprint density at radius 1 is 1.18 bits per heavy atom. The molecule has 2 heterocycles. The number of hydrogen-bond donors (Lipinski definition) is 1. The average molecular weight is 337 g/mol. The van der Waals surface area contributed by atoms with Crippen LogP contribution in [0, 0.1) is 0 Å². The predicted octanol–water partition coefficient (Wildman–Crippen LogP) is 2.96. The van der Waals surface area contributed by atoms with Crippen molar-refractivity contribution >= 4 is 21.4 Å². The van der Waals surface area contributed by atoms with Gasteiger partial charge in [-0.3, -0.25) is 9.97 Å². The second-order valence-corrected chi connectivity index (χ2v) is 8.32. The second kappa shape index (κ2) is 6.85. The third-order valence-electron chi connectivity index (χ3n) is 4.00. The molecule has 0 amide bonds. The first-order chi connectivity index (χ1) is 10.7. The van der Waals surface area contributed by atoms with Gasteiger partial charge in [-0.2, -0.15) is 11.3 Å². The van der Waals surface area contributed by atoms with Crippen molar-refractivity contribution in [1.29, 1.82) is 0 Å². The van der Waals surface area contributed by atoms with Crippen LogP contribution in [0.5, 0.6) is 0 Å². The Morgan fingerprint density at radius 2 is 1.95 bits per heavy atom. The van der Waals surface area contributed by atoms with Gasteiger partial charge in [0.2, 0.25) is 10.0 Å². The molecule has 0 bridgehead atoms. The van der Waals surface area contributed by atoms with Crippen LogP contribution >= 0.6 is 11.3 Å². The molecular weight excluding hydrogens is 318 g/mol. The van der Waals surface area contributed by atoms with Gasteiger partial charge in [0.1, 0.15) is 0 Å². The second-order valence-electron chi connectivity index (χ2n) is 5.49. The lowest BCUT2D eigenvalue weighted by Gasteiger charge is -2.22. The van der Waals surface area contributed by atoms with E-state index in [1.807, 2.05) is 16.8 Å². The maximum atomic E-state index is 12.4. The van der Waals surface area contributed by atoms with Crippen molar-refractivity contribution in [3.8, 4) is 11.3 Å². The molecule has 7 heteroatoms. The normalized spacial score (nSPS) is 16.7. The van der Waals surface area contributed by atoms with Crippen molar-refractivity contribution in [3.63, 3.8) is 0 Å². The molecular formula is C15H19N3O2S2. The van der Waals surface area contributed by atoms with E-state index >= 15 is 0 Å². The lowest BCUT2D eigenvalue weighted by Crippen LogP contribution is -2.35. The highest BCUT2D eigenvalue weighted by atomic mass is 32.2. The van der Waals surface area contributed by atoms with Crippen molar-refractivity contribution in [2.45, 2.75) is 43.9 Å². The third-order valence-corrected chi connectivity index (χ3v) is 6.58. The molecule has 0 spiro atoms. The number of hydrogen-bond acceptors (Lipinski definition) is 5. The molecule has 1 saturated carbocycles. The Bertz CT molecular complexity index is 708. The zero-order valence-electron chi connectivity index (χ0n) is 12.2. The number of rotatable bonds is 5. The monoisotopic (exact) mass is 337 g/mol. The molecule has 0 unspecified atom stereocenters. The molecule has 0 radical (unpaired) electrons. The van der Waals surface area contributed by atoms with Gasteiger partial charge in [-0.25, -0.2) is 13.1 Å². The van der Waals surface area contributed by atoms with Gasteiger partial charge in [0.05, 0.1) is 23.2 Å². The first kappa shape index (κ1) is 15.6. The lowest BCUT2D eigenvalue weighted by molar-refractivity contribution is 0.477. The molecule has 1 fully saturated rings. The van der Waals surface area contributed by atoms with E-state index < -0.39 is 10.0 Å². The van der Waals surface area contributed by atoms with E-state index in [9.17, 15) is 8.42 Å². The van der Waals surface area contributed by atoms with Crippen LogP contribution < -0.4 is 4.72 Å². The van der Waals surface area contributed by atoms with Crippen LogP contribution in [-0.2, 0) is 16.6 Å². The van der Waals surface area contributed by atoms with E-state index in [4.69, 9.17) is 0 Å². The summed E-state index contributed by atoms with van der Waals surface area (Å²) in [5.74, 6) is 0. The van der Waals surface area contributed by atoms with E-state index in [0.717, 1.165) is 43.4 Å². The SMILES string of the molecule is O=S(=O)(NCc1nccnc1-c1ccsc1)C1CCCCC1. The fourth-order valence-corrected chi connectivity index (χ4v) is 4.97. The van der Waals surface area contributed by atoms with Crippen molar-refractivity contribution < 1.29 is 8.42 Å². The summed E-state index contributed by atoms with van der Waals surface area (Å²) in [6.07, 6.45) is 7.87. The van der Waals surface area contributed by atoms with Crippen LogP contribution in [-0.4, -0.2) is 23.6 Å². The molecule has 118 valence electrons. The van der Waals surface area contributed by atoms with Crippen molar-refractivity contribution in [2.75, 3.05) is 0 Å². The van der Waals surface area contributed by atoms with Crippen molar-refractivity contribution in [1.82, 2.24) is 14.7 Å². The van der Waals surface area contributed by atoms with Crippen LogP contribution in [0.25, 0.3) is 11.3 Å². The summed E-state index contributed by atoms with van der Waals surface area (Å²) >= 11 is 1.58. The van der Waals surface area contributed by atoms with Crippen LogP contribution in [0.3, 0.4) is 0 Å². The molecule has 2 aromatic rings. The summed E-state index contributed by atoms with van der Waals surface area (Å²) in [6.45, 7) is 0.192. The zero-order valence-corrected chi connectivity index (χ0v) is 13.9. The predicted molar refractivity (Wildman–Crippen MR) is 88.0 cm³/mol. The van der Waals surface area contributed by atoms with Gasteiger partial charge in [-0.15, -0.1) is 0 Å². The zero-order chi connectivity index (χ0) is 15.4. The minimum Gasteiger partial charge on any atom is -0.256 e. The fourth-order valence-electron chi connectivity index (χ4n) is 2.80. The van der Waals surface area contributed by atoms with Crippen LogP contribution in [0.2, 0.25) is 0 Å². The molecule has 3 rings (SSSR count). The molecule has 1 aliphatic carbocycles. The maximum Gasteiger partial charge on any atom is 0.214 e. The van der Waals surface area contributed by atoms with E-state index in [1.165, 1.54) is 0 Å². The van der Waals surface area contributed by atoms with Crippen molar-refractivity contribution in [2.24, 2.45) is 0 Å². The molecule has 1 aliphatic rings. The molecule has 22 heavy (non-hydrogen) atoms. The number of nitrogens with zero attached hydrogens (tertiary/aromatic N) is 2. The van der Waals surface area contributed by atoms with E-state index in [2.05, 4.69) is 14.7 Å². The van der Waals surface area contributed by atoms with E-state index in [0.29, 0.717) is 5.69 Å². The minimum atomic E-state index is -3.28. The van der Waals surface area contributed by atoms with Gasteiger partial charge in [-0.1, -0.05) is 19.3 Å². The fraction of sp³-hybridized carbons (Fsp3) is 0.467. The average Bonchev–Trinajstić information content (AvgIpc) is 3.08. The number of aromatic nitrogens is 2. The van der Waals surface area contributed by atoms with Crippen molar-refractivity contribution in [3.05, 3.63) is 34.9 Å². The highest BCUT2D eigenvalue weighted by Crippen LogP contribution is 2.25. The molecule has 2 aromatic heterocycles. The summed E-state index contributed by atoms with van der Waals surface area (Å²) in [7, 11) is -3.28. The number of nitrogens with one attached hydrogen (secondary N) is 1. The topological polar surface area (TPSA) is 72.0 Å². The summed E-state index contributed by atoms with van der Waals surface area (Å²) in [5.41, 5.74) is 2.39. The molecule has 0 saturated heterocycles. The van der Waals surface area contributed by atoms with Crippen LogP contribution in [0.15, 0.2) is 29.2 Å². The van der Waals surface area contributed by atoms with Gasteiger partial charge in [0.25, 0.3) is 0 Å². The lowest BCUT2D eigenvalue weighted by atomic mass is 10.0. The number of thiophene rings is 1. The third kappa shape index (κ3) is 3.53. The highest BCUT2D eigenvalue weighted by molar-refractivity contribution is 7.90. The first-order valence-electron chi connectivity index (χ1n) is 7.48. The largest absolute Gasteiger partial charge is 0.256 e. The van der Waals surface area contributed by atoms with E-state index in [-0.39, 0.29) is 11.8 Å². The smallest absolute Gasteiger partial charge is 0.214 e. The summed E-state index contributed by atoms with van der Waals surface area (Å²) < 4.78 is 27.5. The standard InChI is InChI=1S/C15H19N3O2S2/c19-22(20,13-4-2-1-3-5-13)18-10-14-15(17-8-7-16-14)12-6-9-21-11-12/h6-9,11,13,18H,1-5,10H2. The summed E-state index contributed by atoms with van der Waals surface area (Å²) in [4.78, 5) is 8.64. The molecule has 0 aromatic carbocycles. The summed E-state index contributed by atoms with van der Waals surface area (Å²) in [5, 5.41) is 3.70. The van der Waals surface area contributed by atoms with Gasteiger partial charge in [0.15, 0.2) is 0 Å². The Morgan fingerprint density at radius 3 is 2.68 bits per heavy atom. The number of sulfonamides is 1. The maximum absolute atomic E-state index is 12.4. The van der Waals surface area contributed by atoms with Crippen LogP contribution in [0.1, 0.15) is 37.8 Å². The Kier molecular flexibility index (Phi) is 4.85. The molecule has 5 nitrogen and oxygen atoms in total. The summed E-state index contributed by atoms with van der Waals surface area (Å²) in [6, 6.07) is 1.97. The minimum absolute atomic E-state index is 0.192. The van der Waals surface area contributed by atoms with Crippen LogP contribution in [0.4, 0.5) is 0 Å². The Labute approximate surface area is 134 Å². The van der Waals surface area contributed by atoms with Gasteiger partial charge >= 0.3 is 0 Å². The molecule has 0 atom stereocenters. The van der Waals surface area contributed by atoms with Gasteiger partial charge < -0.3 is 0 Å². The van der Waals surface area contributed by atoms with Gasteiger partial charge in [-0.05, 0) is 24.3 Å². The molecule has 1 N–H and O–H groups in total. The van der Waals surface area contributed by atoms with Gasteiger partial charge in [0, 0.05) is 23.3 Å². The Balaban J connectivity index is 1.74. The molecule has 0 aliphatic heterocycles. The highest BCUT2D eigenvalue weighted by Gasteiger charge is 2.27. The van der Waals surface area contributed by atoms with E-state index in [1.54, 1.807) is 23.7 Å². The quantitative estimate of drug-likeness (QED) is 0.910.